The molecule has 1 atom stereocenters. The van der Waals surface area contributed by atoms with E-state index in [2.05, 4.69) is 76.8 Å². The van der Waals surface area contributed by atoms with Gasteiger partial charge in [-0.25, -0.2) is 9.98 Å². The SMILES string of the molecule is CCNC(=NCc1ccnc(N2CCCCC2)c1)NCC(C)c1ccccc1. The Balaban J connectivity index is 1.59. The minimum Gasteiger partial charge on any atom is -0.357 e. The molecule has 0 bridgehead atoms. The van der Waals surface area contributed by atoms with Crippen LogP contribution in [0.4, 0.5) is 5.82 Å². The molecular weight excluding hydrogens is 346 g/mol. The van der Waals surface area contributed by atoms with Crippen LogP contribution in [0.3, 0.4) is 0 Å². The van der Waals surface area contributed by atoms with Gasteiger partial charge in [0.25, 0.3) is 0 Å². The number of hydrogen-bond acceptors (Lipinski definition) is 3. The second kappa shape index (κ2) is 10.7. The van der Waals surface area contributed by atoms with Gasteiger partial charge in [0, 0.05) is 32.4 Å². The van der Waals surface area contributed by atoms with Crippen molar-refractivity contribution in [1.82, 2.24) is 15.6 Å². The summed E-state index contributed by atoms with van der Waals surface area (Å²) in [7, 11) is 0. The molecule has 0 spiro atoms. The Bertz CT molecular complexity index is 738. The summed E-state index contributed by atoms with van der Waals surface area (Å²) < 4.78 is 0. The molecule has 1 aliphatic rings. The van der Waals surface area contributed by atoms with Crippen LogP contribution in [0.1, 0.15) is 50.2 Å². The number of anilines is 1. The first-order chi connectivity index (χ1) is 13.8. The van der Waals surface area contributed by atoms with Crippen molar-refractivity contribution >= 4 is 11.8 Å². The number of nitrogens with one attached hydrogen (secondary N) is 2. The van der Waals surface area contributed by atoms with E-state index in [9.17, 15) is 0 Å². The Labute approximate surface area is 169 Å². The van der Waals surface area contributed by atoms with Gasteiger partial charge in [0.05, 0.1) is 6.54 Å². The van der Waals surface area contributed by atoms with Gasteiger partial charge in [0.2, 0.25) is 0 Å². The van der Waals surface area contributed by atoms with Gasteiger partial charge in [-0.15, -0.1) is 0 Å². The Morgan fingerprint density at radius 3 is 2.64 bits per heavy atom. The third-order valence-electron chi connectivity index (χ3n) is 5.20. The van der Waals surface area contributed by atoms with E-state index in [4.69, 9.17) is 4.99 Å². The summed E-state index contributed by atoms with van der Waals surface area (Å²) in [6, 6.07) is 14.8. The van der Waals surface area contributed by atoms with Crippen molar-refractivity contribution in [2.75, 3.05) is 31.1 Å². The lowest BCUT2D eigenvalue weighted by Crippen LogP contribution is -2.39. The molecule has 1 aliphatic heterocycles. The maximum absolute atomic E-state index is 4.78. The first-order valence-corrected chi connectivity index (χ1v) is 10.5. The zero-order valence-corrected chi connectivity index (χ0v) is 17.2. The van der Waals surface area contributed by atoms with Crippen LogP contribution >= 0.6 is 0 Å². The number of aliphatic imine (C=N–C) groups is 1. The smallest absolute Gasteiger partial charge is 0.191 e. The van der Waals surface area contributed by atoms with E-state index < -0.39 is 0 Å². The van der Waals surface area contributed by atoms with Gasteiger partial charge in [-0.05, 0) is 55.4 Å². The van der Waals surface area contributed by atoms with E-state index >= 15 is 0 Å². The quantitative estimate of drug-likeness (QED) is 0.565. The predicted molar refractivity (Wildman–Crippen MR) is 118 cm³/mol. The van der Waals surface area contributed by atoms with Crippen LogP contribution in [-0.4, -0.2) is 37.1 Å². The molecule has 1 fully saturated rings. The van der Waals surface area contributed by atoms with E-state index in [1.807, 2.05) is 6.20 Å². The molecule has 0 radical (unpaired) electrons. The van der Waals surface area contributed by atoms with Crippen molar-refractivity contribution < 1.29 is 0 Å². The van der Waals surface area contributed by atoms with E-state index in [1.54, 1.807) is 0 Å². The van der Waals surface area contributed by atoms with Gasteiger partial charge < -0.3 is 15.5 Å². The molecular formula is C23H33N5. The molecule has 1 saturated heterocycles. The number of piperidine rings is 1. The van der Waals surface area contributed by atoms with Crippen LogP contribution in [0.25, 0.3) is 0 Å². The summed E-state index contributed by atoms with van der Waals surface area (Å²) in [5.74, 6) is 2.38. The summed E-state index contributed by atoms with van der Waals surface area (Å²) >= 11 is 0. The molecule has 0 aliphatic carbocycles. The van der Waals surface area contributed by atoms with Crippen LogP contribution in [0, 0.1) is 0 Å². The predicted octanol–water partition coefficient (Wildman–Crippen LogP) is 3.93. The molecule has 2 aromatic rings. The summed E-state index contributed by atoms with van der Waals surface area (Å²) in [5.41, 5.74) is 2.54. The average molecular weight is 380 g/mol. The molecule has 1 unspecified atom stereocenters. The lowest BCUT2D eigenvalue weighted by Gasteiger charge is -2.27. The summed E-state index contributed by atoms with van der Waals surface area (Å²) in [4.78, 5) is 11.7. The van der Waals surface area contributed by atoms with Crippen LogP contribution < -0.4 is 15.5 Å². The first-order valence-electron chi connectivity index (χ1n) is 10.5. The third-order valence-corrected chi connectivity index (χ3v) is 5.20. The minimum atomic E-state index is 0.427. The maximum atomic E-state index is 4.78. The zero-order valence-electron chi connectivity index (χ0n) is 17.2. The highest BCUT2D eigenvalue weighted by atomic mass is 15.2. The van der Waals surface area contributed by atoms with E-state index in [0.29, 0.717) is 12.5 Å². The molecule has 0 saturated carbocycles. The molecule has 150 valence electrons. The lowest BCUT2D eigenvalue weighted by atomic mass is 10.0. The van der Waals surface area contributed by atoms with Crippen LogP contribution in [0.2, 0.25) is 0 Å². The largest absolute Gasteiger partial charge is 0.357 e. The zero-order chi connectivity index (χ0) is 19.6. The van der Waals surface area contributed by atoms with Crippen molar-refractivity contribution in [1.29, 1.82) is 0 Å². The Morgan fingerprint density at radius 2 is 1.89 bits per heavy atom. The van der Waals surface area contributed by atoms with E-state index in [1.165, 1.54) is 30.4 Å². The van der Waals surface area contributed by atoms with Crippen LogP contribution in [0.5, 0.6) is 0 Å². The number of nitrogens with zero attached hydrogens (tertiary/aromatic N) is 3. The molecule has 0 amide bonds. The molecule has 5 heteroatoms. The van der Waals surface area contributed by atoms with Crippen molar-refractivity contribution in [2.24, 2.45) is 4.99 Å². The normalized spacial score (nSPS) is 15.9. The highest BCUT2D eigenvalue weighted by Gasteiger charge is 2.12. The van der Waals surface area contributed by atoms with Crippen molar-refractivity contribution in [2.45, 2.75) is 45.6 Å². The van der Waals surface area contributed by atoms with Gasteiger partial charge in [0.15, 0.2) is 5.96 Å². The van der Waals surface area contributed by atoms with Gasteiger partial charge in [-0.1, -0.05) is 37.3 Å². The van der Waals surface area contributed by atoms with Crippen molar-refractivity contribution in [3.63, 3.8) is 0 Å². The molecule has 1 aromatic heterocycles. The van der Waals surface area contributed by atoms with Gasteiger partial charge in [0.1, 0.15) is 5.82 Å². The van der Waals surface area contributed by atoms with Crippen LogP contribution in [0.15, 0.2) is 53.7 Å². The summed E-state index contributed by atoms with van der Waals surface area (Å²) in [6.45, 7) is 8.91. The van der Waals surface area contributed by atoms with Crippen molar-refractivity contribution in [3.8, 4) is 0 Å². The Hall–Kier alpha value is -2.56. The average Bonchev–Trinajstić information content (AvgIpc) is 2.77. The maximum Gasteiger partial charge on any atom is 0.191 e. The molecule has 2 N–H and O–H groups in total. The molecule has 3 rings (SSSR count). The van der Waals surface area contributed by atoms with E-state index in [-0.39, 0.29) is 0 Å². The third kappa shape index (κ3) is 5.98. The highest BCUT2D eigenvalue weighted by molar-refractivity contribution is 5.79. The second-order valence-corrected chi connectivity index (χ2v) is 7.46. The number of guanidine groups is 1. The van der Waals surface area contributed by atoms with Crippen LogP contribution in [-0.2, 0) is 6.54 Å². The molecule has 28 heavy (non-hydrogen) atoms. The monoisotopic (exact) mass is 379 g/mol. The van der Waals surface area contributed by atoms with Gasteiger partial charge in [-0.3, -0.25) is 0 Å². The fourth-order valence-electron chi connectivity index (χ4n) is 3.52. The number of benzene rings is 1. The Morgan fingerprint density at radius 1 is 1.11 bits per heavy atom. The standard InChI is InChI=1S/C23H33N5/c1-3-24-23(26-17-19(2)21-10-6-4-7-11-21)27-18-20-12-13-25-22(16-20)28-14-8-5-9-15-28/h4,6-7,10-13,16,19H,3,5,8-9,14-15,17-18H2,1-2H3,(H2,24,26,27). The number of rotatable bonds is 7. The fraction of sp³-hybridized carbons (Fsp3) is 0.478. The first kappa shape index (κ1) is 20.2. The van der Waals surface area contributed by atoms with E-state index in [0.717, 1.165) is 38.0 Å². The molecule has 2 heterocycles. The second-order valence-electron chi connectivity index (χ2n) is 7.46. The molecule has 1 aromatic carbocycles. The van der Waals surface area contributed by atoms with Gasteiger partial charge in [-0.2, -0.15) is 0 Å². The van der Waals surface area contributed by atoms with Gasteiger partial charge >= 0.3 is 0 Å². The number of pyridine rings is 1. The van der Waals surface area contributed by atoms with Crippen molar-refractivity contribution in [3.05, 3.63) is 59.8 Å². The highest BCUT2D eigenvalue weighted by Crippen LogP contribution is 2.18. The lowest BCUT2D eigenvalue weighted by molar-refractivity contribution is 0.573. The summed E-state index contributed by atoms with van der Waals surface area (Å²) in [6.07, 6.45) is 5.77. The summed E-state index contributed by atoms with van der Waals surface area (Å²) in [5, 5.41) is 6.83. The topological polar surface area (TPSA) is 52.6 Å². The Kier molecular flexibility index (Phi) is 7.71. The number of hydrogen-bond donors (Lipinski definition) is 2. The minimum absolute atomic E-state index is 0.427. The fourth-order valence-corrected chi connectivity index (χ4v) is 3.52. The number of aromatic nitrogens is 1. The molecule has 5 nitrogen and oxygen atoms in total.